The maximum Gasteiger partial charge on any atom is 0.291 e. The highest BCUT2D eigenvalue weighted by molar-refractivity contribution is 6.03. The Morgan fingerprint density at radius 3 is 2.55 bits per heavy atom. The number of hydrogen-bond acceptors (Lipinski definition) is 5. The topological polar surface area (TPSA) is 84.1 Å². The molecule has 0 bridgehead atoms. The molecule has 7 nitrogen and oxygen atoms in total. The molecule has 1 aliphatic rings. The molecule has 4 rings (SSSR count). The number of carbonyl (C=O) groups excluding carboxylic acids is 2. The fourth-order valence-corrected chi connectivity index (χ4v) is 2.93. The molecule has 3 aromatic rings. The summed E-state index contributed by atoms with van der Waals surface area (Å²) >= 11 is 0. The van der Waals surface area contributed by atoms with Gasteiger partial charge in [-0.1, -0.05) is 30.3 Å². The molecule has 2 heterocycles. The van der Waals surface area contributed by atoms with Crippen LogP contribution >= 0.6 is 0 Å². The van der Waals surface area contributed by atoms with Crippen molar-refractivity contribution in [1.29, 1.82) is 0 Å². The number of nitrogens with one attached hydrogen (secondary N) is 1. The van der Waals surface area contributed by atoms with E-state index in [9.17, 15) is 9.59 Å². The van der Waals surface area contributed by atoms with Gasteiger partial charge in [0.2, 0.25) is 0 Å². The Kier molecular flexibility index (Phi) is 5.38. The second-order valence-corrected chi connectivity index (χ2v) is 6.42. The van der Waals surface area contributed by atoms with Crippen molar-refractivity contribution in [2.75, 3.05) is 18.5 Å². The third kappa shape index (κ3) is 4.52. The number of hydrogen-bond donors (Lipinski definition) is 1. The van der Waals surface area contributed by atoms with Gasteiger partial charge in [0, 0.05) is 12.1 Å². The maximum atomic E-state index is 12.4. The summed E-state index contributed by atoms with van der Waals surface area (Å²) in [5, 5.41) is 8.57. The van der Waals surface area contributed by atoms with Gasteiger partial charge in [0.25, 0.3) is 11.8 Å². The normalized spacial score (nSPS) is 13.1. The third-order valence-corrected chi connectivity index (χ3v) is 4.42. The van der Waals surface area contributed by atoms with Crippen molar-refractivity contribution in [1.82, 2.24) is 5.01 Å². The van der Waals surface area contributed by atoms with Crippen molar-refractivity contribution in [2.45, 2.75) is 6.42 Å². The highest BCUT2D eigenvalue weighted by Crippen LogP contribution is 2.18. The SMILES string of the molecule is O=C(Nc1ccc(OCC(=O)N2CCC(c3ccccc3)=N2)cc1)c1ccco1. The zero-order valence-corrected chi connectivity index (χ0v) is 15.6. The molecule has 146 valence electrons. The van der Waals surface area contributed by atoms with E-state index in [0.717, 1.165) is 17.7 Å². The third-order valence-electron chi connectivity index (χ3n) is 4.42. The minimum absolute atomic E-state index is 0.107. The quantitative estimate of drug-likeness (QED) is 0.699. The lowest BCUT2D eigenvalue weighted by molar-refractivity contribution is -0.132. The molecule has 2 aromatic carbocycles. The molecule has 0 saturated carbocycles. The monoisotopic (exact) mass is 389 g/mol. The second kappa shape index (κ2) is 8.43. The molecular formula is C22H19N3O4. The van der Waals surface area contributed by atoms with Crippen molar-refractivity contribution >= 4 is 23.2 Å². The number of ether oxygens (including phenoxy) is 1. The average molecular weight is 389 g/mol. The van der Waals surface area contributed by atoms with E-state index in [1.165, 1.54) is 11.3 Å². The number of furan rings is 1. The number of benzene rings is 2. The molecule has 0 unspecified atom stereocenters. The van der Waals surface area contributed by atoms with Crippen LogP contribution in [0, 0.1) is 0 Å². The van der Waals surface area contributed by atoms with E-state index in [4.69, 9.17) is 9.15 Å². The Balaban J connectivity index is 1.29. The molecule has 7 heteroatoms. The van der Waals surface area contributed by atoms with Crippen LogP contribution in [0.1, 0.15) is 22.5 Å². The van der Waals surface area contributed by atoms with E-state index < -0.39 is 0 Å². The van der Waals surface area contributed by atoms with E-state index in [1.807, 2.05) is 30.3 Å². The van der Waals surface area contributed by atoms with Crippen molar-refractivity contribution in [2.24, 2.45) is 5.10 Å². The molecule has 0 saturated heterocycles. The first-order chi connectivity index (χ1) is 14.2. The molecule has 0 spiro atoms. The largest absolute Gasteiger partial charge is 0.484 e. The first-order valence-electron chi connectivity index (χ1n) is 9.20. The smallest absolute Gasteiger partial charge is 0.291 e. The fraction of sp³-hybridized carbons (Fsp3) is 0.136. The molecule has 0 radical (unpaired) electrons. The van der Waals surface area contributed by atoms with Crippen LogP contribution in [0.5, 0.6) is 5.75 Å². The number of rotatable bonds is 6. The lowest BCUT2D eigenvalue weighted by Gasteiger charge is -2.12. The van der Waals surface area contributed by atoms with Crippen LogP contribution in [-0.2, 0) is 4.79 Å². The zero-order chi connectivity index (χ0) is 20.1. The van der Waals surface area contributed by atoms with Crippen LogP contribution in [0.3, 0.4) is 0 Å². The van der Waals surface area contributed by atoms with Gasteiger partial charge in [-0.25, -0.2) is 5.01 Å². The summed E-state index contributed by atoms with van der Waals surface area (Å²) in [5.41, 5.74) is 2.52. The average Bonchev–Trinajstić information content (AvgIpc) is 3.46. The number of hydrazone groups is 1. The molecule has 1 aliphatic heterocycles. The summed E-state index contributed by atoms with van der Waals surface area (Å²) in [5.74, 6) is 0.226. The minimum atomic E-state index is -0.333. The Hall–Kier alpha value is -3.87. The summed E-state index contributed by atoms with van der Waals surface area (Å²) in [6, 6.07) is 19.8. The van der Waals surface area contributed by atoms with Crippen LogP contribution < -0.4 is 10.1 Å². The Bertz CT molecular complexity index is 1010. The molecule has 29 heavy (non-hydrogen) atoms. The van der Waals surface area contributed by atoms with Gasteiger partial charge in [-0.05, 0) is 42.0 Å². The summed E-state index contributed by atoms with van der Waals surface area (Å²) < 4.78 is 10.6. The summed E-state index contributed by atoms with van der Waals surface area (Å²) in [6.07, 6.45) is 2.16. The molecular weight excluding hydrogens is 370 g/mol. The van der Waals surface area contributed by atoms with E-state index >= 15 is 0 Å². The molecule has 0 aliphatic carbocycles. The Morgan fingerprint density at radius 1 is 1.03 bits per heavy atom. The standard InChI is InChI=1S/C22H19N3O4/c26-21(25-13-12-19(24-25)16-5-2-1-3-6-16)15-29-18-10-8-17(9-11-18)23-22(27)20-7-4-14-28-20/h1-11,14H,12-13,15H2,(H,23,27). The van der Waals surface area contributed by atoms with Crippen LogP contribution in [-0.4, -0.2) is 35.7 Å². The van der Waals surface area contributed by atoms with Crippen LogP contribution in [0.25, 0.3) is 0 Å². The Morgan fingerprint density at radius 2 is 1.83 bits per heavy atom. The van der Waals surface area contributed by atoms with E-state index in [1.54, 1.807) is 36.4 Å². The fourth-order valence-electron chi connectivity index (χ4n) is 2.93. The van der Waals surface area contributed by atoms with Gasteiger partial charge < -0.3 is 14.5 Å². The lowest BCUT2D eigenvalue weighted by atomic mass is 10.1. The molecule has 1 N–H and O–H groups in total. The summed E-state index contributed by atoms with van der Waals surface area (Å²) in [4.78, 5) is 24.3. The van der Waals surface area contributed by atoms with Crippen molar-refractivity contribution in [3.05, 3.63) is 84.3 Å². The van der Waals surface area contributed by atoms with Crippen LogP contribution in [0.15, 0.2) is 82.5 Å². The summed E-state index contributed by atoms with van der Waals surface area (Å²) in [6.45, 7) is 0.438. The second-order valence-electron chi connectivity index (χ2n) is 6.42. The van der Waals surface area contributed by atoms with Crippen molar-refractivity contribution < 1.29 is 18.7 Å². The van der Waals surface area contributed by atoms with Gasteiger partial charge in [0.05, 0.1) is 18.5 Å². The van der Waals surface area contributed by atoms with Gasteiger partial charge in [-0.3, -0.25) is 9.59 Å². The highest BCUT2D eigenvalue weighted by atomic mass is 16.5. The molecule has 0 atom stereocenters. The van der Waals surface area contributed by atoms with E-state index in [0.29, 0.717) is 18.0 Å². The molecule has 2 amide bonds. The predicted octanol–water partition coefficient (Wildman–Crippen LogP) is 3.55. The highest BCUT2D eigenvalue weighted by Gasteiger charge is 2.21. The molecule has 1 aromatic heterocycles. The van der Waals surface area contributed by atoms with Crippen LogP contribution in [0.4, 0.5) is 5.69 Å². The van der Waals surface area contributed by atoms with Gasteiger partial charge in [0.1, 0.15) is 5.75 Å². The van der Waals surface area contributed by atoms with E-state index in [2.05, 4.69) is 10.4 Å². The Labute approximate surface area is 167 Å². The number of amides is 2. The first kappa shape index (κ1) is 18.5. The van der Waals surface area contributed by atoms with Crippen molar-refractivity contribution in [3.8, 4) is 5.75 Å². The summed E-state index contributed by atoms with van der Waals surface area (Å²) in [7, 11) is 0. The van der Waals surface area contributed by atoms with Crippen molar-refractivity contribution in [3.63, 3.8) is 0 Å². The number of nitrogens with zero attached hydrogens (tertiary/aromatic N) is 2. The van der Waals surface area contributed by atoms with Gasteiger partial charge in [-0.2, -0.15) is 5.10 Å². The number of carbonyl (C=O) groups is 2. The minimum Gasteiger partial charge on any atom is -0.484 e. The lowest BCUT2D eigenvalue weighted by Crippen LogP contribution is -2.28. The predicted molar refractivity (Wildman–Crippen MR) is 108 cm³/mol. The van der Waals surface area contributed by atoms with Gasteiger partial charge in [0.15, 0.2) is 12.4 Å². The zero-order valence-electron chi connectivity index (χ0n) is 15.6. The molecule has 0 fully saturated rings. The number of anilines is 1. The van der Waals surface area contributed by atoms with Crippen LogP contribution in [0.2, 0.25) is 0 Å². The van der Waals surface area contributed by atoms with E-state index in [-0.39, 0.29) is 24.2 Å². The van der Waals surface area contributed by atoms with Gasteiger partial charge in [-0.15, -0.1) is 0 Å². The van der Waals surface area contributed by atoms with Gasteiger partial charge >= 0.3 is 0 Å². The maximum absolute atomic E-state index is 12.4. The first-order valence-corrected chi connectivity index (χ1v) is 9.20.